The molecule has 0 heterocycles. The quantitative estimate of drug-likeness (QED) is 0.251. The molecule has 0 unspecified atom stereocenters. The summed E-state index contributed by atoms with van der Waals surface area (Å²) in [5.74, 6) is 0.550. The topological polar surface area (TPSA) is 49.4 Å². The Morgan fingerprint density at radius 2 is 1.55 bits per heavy atom. The number of benzene rings is 3. The summed E-state index contributed by atoms with van der Waals surface area (Å²) in [6.45, 7) is 0.144. The van der Waals surface area contributed by atoms with Crippen molar-refractivity contribution in [2.75, 3.05) is 5.75 Å². The number of rotatable bonds is 11. The number of halogens is 3. The van der Waals surface area contributed by atoms with E-state index < -0.39 is 6.04 Å². The number of carbonyl (C=O) groups excluding carboxylic acids is 2. The summed E-state index contributed by atoms with van der Waals surface area (Å²) in [7, 11) is 0. The highest BCUT2D eigenvalue weighted by atomic mass is 35.5. The highest BCUT2D eigenvalue weighted by Crippen LogP contribution is 2.28. The van der Waals surface area contributed by atoms with Crippen LogP contribution >= 0.6 is 46.6 Å². The molecule has 4 nitrogen and oxygen atoms in total. The Bertz CT molecular complexity index is 1210. The van der Waals surface area contributed by atoms with Crippen molar-refractivity contribution in [2.45, 2.75) is 56.5 Å². The summed E-state index contributed by atoms with van der Waals surface area (Å²) >= 11 is 20.7. The van der Waals surface area contributed by atoms with Gasteiger partial charge in [0.25, 0.3) is 0 Å². The zero-order chi connectivity index (χ0) is 26.9. The van der Waals surface area contributed by atoms with Gasteiger partial charge in [0.2, 0.25) is 11.8 Å². The molecule has 38 heavy (non-hydrogen) atoms. The van der Waals surface area contributed by atoms with Gasteiger partial charge in [-0.1, -0.05) is 96.2 Å². The van der Waals surface area contributed by atoms with Gasteiger partial charge in [-0.2, -0.15) is 0 Å². The van der Waals surface area contributed by atoms with Crippen molar-refractivity contribution < 1.29 is 9.59 Å². The van der Waals surface area contributed by atoms with Crippen LogP contribution in [0.5, 0.6) is 0 Å². The molecule has 1 aliphatic carbocycles. The van der Waals surface area contributed by atoms with E-state index in [4.69, 9.17) is 34.8 Å². The molecule has 2 amide bonds. The van der Waals surface area contributed by atoms with Gasteiger partial charge in [-0.05, 0) is 48.2 Å². The van der Waals surface area contributed by atoms with Crippen LogP contribution in [0.4, 0.5) is 0 Å². The Kier molecular flexibility index (Phi) is 10.8. The van der Waals surface area contributed by atoms with E-state index in [1.807, 2.05) is 54.6 Å². The largest absolute Gasteiger partial charge is 0.352 e. The third-order valence-corrected chi connectivity index (χ3v) is 8.68. The van der Waals surface area contributed by atoms with Gasteiger partial charge in [0.1, 0.15) is 6.04 Å². The minimum atomic E-state index is -0.704. The van der Waals surface area contributed by atoms with E-state index in [0.29, 0.717) is 32.8 Å². The Morgan fingerprint density at radius 1 is 0.895 bits per heavy atom. The summed E-state index contributed by atoms with van der Waals surface area (Å²) < 4.78 is 0. The minimum absolute atomic E-state index is 0.138. The fourth-order valence-electron chi connectivity index (χ4n) is 4.74. The zero-order valence-corrected chi connectivity index (χ0v) is 24.1. The Labute approximate surface area is 244 Å². The normalized spacial score (nSPS) is 14.3. The third kappa shape index (κ3) is 8.16. The van der Waals surface area contributed by atoms with E-state index >= 15 is 0 Å². The smallest absolute Gasteiger partial charge is 0.243 e. The minimum Gasteiger partial charge on any atom is -0.352 e. The lowest BCUT2D eigenvalue weighted by molar-refractivity contribution is -0.139. The van der Waals surface area contributed by atoms with Crippen LogP contribution in [0, 0.1) is 0 Å². The van der Waals surface area contributed by atoms with Crippen LogP contribution in [0.15, 0.2) is 72.8 Å². The van der Waals surface area contributed by atoms with Crippen molar-refractivity contribution >= 4 is 58.4 Å². The van der Waals surface area contributed by atoms with E-state index in [9.17, 15) is 9.59 Å². The van der Waals surface area contributed by atoms with Crippen LogP contribution in [0.25, 0.3) is 0 Å². The first-order chi connectivity index (χ1) is 18.4. The maximum atomic E-state index is 13.8. The molecule has 0 radical (unpaired) electrons. The number of nitrogens with one attached hydrogen (secondary N) is 1. The van der Waals surface area contributed by atoms with Crippen molar-refractivity contribution in [1.29, 1.82) is 0 Å². The van der Waals surface area contributed by atoms with Crippen molar-refractivity contribution in [2.24, 2.45) is 0 Å². The van der Waals surface area contributed by atoms with E-state index in [0.717, 1.165) is 36.8 Å². The predicted molar refractivity (Wildman–Crippen MR) is 159 cm³/mol. The van der Waals surface area contributed by atoms with Crippen LogP contribution in [-0.4, -0.2) is 34.6 Å². The van der Waals surface area contributed by atoms with E-state index in [1.165, 1.54) is 11.8 Å². The molecule has 4 rings (SSSR count). The molecular weight excluding hydrogens is 559 g/mol. The SMILES string of the molecule is O=C(NC1CCCC1)[C@@H](Cc1ccccc1)N(Cc1c(Cl)cccc1Cl)C(=O)CSCc1cccc(Cl)c1. The first-order valence-corrected chi connectivity index (χ1v) is 15.1. The van der Waals surface area contributed by atoms with Crippen LogP contribution in [0.2, 0.25) is 15.1 Å². The Balaban J connectivity index is 1.60. The molecule has 8 heteroatoms. The monoisotopic (exact) mass is 588 g/mol. The second-order valence-electron chi connectivity index (χ2n) is 9.54. The molecule has 0 aliphatic heterocycles. The van der Waals surface area contributed by atoms with Crippen LogP contribution in [-0.2, 0) is 28.3 Å². The number of hydrogen-bond acceptors (Lipinski definition) is 3. The first-order valence-electron chi connectivity index (χ1n) is 12.8. The van der Waals surface area contributed by atoms with Gasteiger partial charge in [-0.25, -0.2) is 0 Å². The van der Waals surface area contributed by atoms with Gasteiger partial charge in [-0.3, -0.25) is 9.59 Å². The highest BCUT2D eigenvalue weighted by Gasteiger charge is 2.32. The van der Waals surface area contributed by atoms with Crippen molar-refractivity contribution in [3.63, 3.8) is 0 Å². The van der Waals surface area contributed by atoms with E-state index in [2.05, 4.69) is 5.32 Å². The zero-order valence-electron chi connectivity index (χ0n) is 21.0. The standard InChI is InChI=1S/C30H31Cl3N2O2S/c31-23-11-6-10-22(16-23)19-38-20-29(36)35(18-25-26(32)14-7-15-27(25)33)28(17-21-8-2-1-3-9-21)30(37)34-24-12-4-5-13-24/h1-3,6-11,14-16,24,28H,4-5,12-13,17-20H2,(H,34,37)/t28-/m1/s1. The molecule has 0 aromatic heterocycles. The van der Waals surface area contributed by atoms with Crippen molar-refractivity contribution in [1.82, 2.24) is 10.2 Å². The number of amides is 2. The average Bonchev–Trinajstić information content (AvgIpc) is 3.41. The van der Waals surface area contributed by atoms with Crippen LogP contribution < -0.4 is 5.32 Å². The molecule has 1 fully saturated rings. The fourth-order valence-corrected chi connectivity index (χ4v) is 6.33. The third-order valence-electron chi connectivity index (χ3n) is 6.75. The lowest BCUT2D eigenvalue weighted by atomic mass is 10.0. The molecule has 1 atom stereocenters. The number of nitrogens with zero attached hydrogens (tertiary/aromatic N) is 1. The molecule has 0 saturated heterocycles. The predicted octanol–water partition coefficient (Wildman–Crippen LogP) is 7.58. The van der Waals surface area contributed by atoms with Gasteiger partial charge in [0.15, 0.2) is 0 Å². The van der Waals surface area contributed by atoms with Gasteiger partial charge in [0, 0.05) is 45.4 Å². The molecule has 0 spiro atoms. The lowest BCUT2D eigenvalue weighted by Crippen LogP contribution is -2.52. The molecule has 1 aliphatic rings. The molecule has 1 saturated carbocycles. The molecule has 0 bridgehead atoms. The van der Waals surface area contributed by atoms with E-state index in [1.54, 1.807) is 23.1 Å². The average molecular weight is 590 g/mol. The number of thioether (sulfide) groups is 1. The maximum Gasteiger partial charge on any atom is 0.243 e. The van der Waals surface area contributed by atoms with Crippen molar-refractivity contribution in [3.05, 3.63) is 105 Å². The molecule has 1 N–H and O–H groups in total. The van der Waals surface area contributed by atoms with E-state index in [-0.39, 0.29) is 30.2 Å². The van der Waals surface area contributed by atoms with Gasteiger partial charge in [-0.15, -0.1) is 11.8 Å². The first kappa shape index (κ1) is 28.8. The second-order valence-corrected chi connectivity index (χ2v) is 11.8. The summed E-state index contributed by atoms with van der Waals surface area (Å²) in [4.78, 5) is 29.2. The molecule has 3 aromatic rings. The summed E-state index contributed by atoms with van der Waals surface area (Å²) in [6, 6.07) is 22.1. The number of hydrogen-bond donors (Lipinski definition) is 1. The Hall–Kier alpha value is -2.18. The fraction of sp³-hybridized carbons (Fsp3) is 0.333. The molecular formula is C30H31Cl3N2O2S. The maximum absolute atomic E-state index is 13.8. The second kappa shape index (κ2) is 14.3. The van der Waals surface area contributed by atoms with Crippen LogP contribution in [0.1, 0.15) is 42.4 Å². The summed E-state index contributed by atoms with van der Waals surface area (Å²) in [5, 5.41) is 4.82. The van der Waals surface area contributed by atoms with Gasteiger partial charge >= 0.3 is 0 Å². The molecule has 3 aromatic carbocycles. The van der Waals surface area contributed by atoms with Crippen LogP contribution in [0.3, 0.4) is 0 Å². The van der Waals surface area contributed by atoms with Gasteiger partial charge in [0.05, 0.1) is 5.75 Å². The summed E-state index contributed by atoms with van der Waals surface area (Å²) in [5.41, 5.74) is 2.65. The van der Waals surface area contributed by atoms with Gasteiger partial charge < -0.3 is 10.2 Å². The highest BCUT2D eigenvalue weighted by molar-refractivity contribution is 7.99. The molecule has 200 valence electrons. The van der Waals surface area contributed by atoms with Crippen molar-refractivity contribution in [3.8, 4) is 0 Å². The number of carbonyl (C=O) groups is 2. The Morgan fingerprint density at radius 3 is 2.24 bits per heavy atom. The lowest BCUT2D eigenvalue weighted by Gasteiger charge is -2.33. The summed E-state index contributed by atoms with van der Waals surface area (Å²) in [6.07, 6.45) is 4.53.